The van der Waals surface area contributed by atoms with Crippen molar-refractivity contribution in [2.45, 2.75) is 6.54 Å². The van der Waals surface area contributed by atoms with Crippen molar-refractivity contribution in [2.75, 3.05) is 0 Å². The number of halogens is 1. The summed E-state index contributed by atoms with van der Waals surface area (Å²) in [5, 5.41) is 0. The summed E-state index contributed by atoms with van der Waals surface area (Å²) in [6.07, 6.45) is 0. The van der Waals surface area contributed by atoms with E-state index in [0.717, 1.165) is 0 Å². The van der Waals surface area contributed by atoms with Crippen LogP contribution in [0.1, 0.15) is 5.56 Å². The van der Waals surface area contributed by atoms with Crippen LogP contribution < -0.4 is 5.73 Å². The Morgan fingerprint density at radius 1 is 1.10 bits per heavy atom. The van der Waals surface area contributed by atoms with E-state index in [-0.39, 0.29) is 51.3 Å². The molecule has 0 fully saturated rings. The quantitative estimate of drug-likeness (QED) is 0.517. The zero-order valence-corrected chi connectivity index (χ0v) is 11.8. The van der Waals surface area contributed by atoms with Crippen LogP contribution in [0.3, 0.4) is 0 Å². The third-order valence-corrected chi connectivity index (χ3v) is 1.08. The molecule has 0 bridgehead atoms. The van der Waals surface area contributed by atoms with Gasteiger partial charge in [0.1, 0.15) is 0 Å². The topological polar surface area (TPSA) is 26.0 Å². The second-order valence-corrected chi connectivity index (χ2v) is 1.69. The SMILES string of the molecule is I.NCc1ccccc1.[Pb]. The summed E-state index contributed by atoms with van der Waals surface area (Å²) in [7, 11) is 0. The first-order valence-electron chi connectivity index (χ1n) is 2.67. The van der Waals surface area contributed by atoms with Crippen LogP contribution in [0.25, 0.3) is 0 Å². The zero-order chi connectivity index (χ0) is 5.82. The predicted octanol–water partition coefficient (Wildman–Crippen LogP) is 1.38. The van der Waals surface area contributed by atoms with Gasteiger partial charge in [-0.05, 0) is 5.56 Å². The minimum absolute atomic E-state index is 0. The second kappa shape index (κ2) is 7.93. The van der Waals surface area contributed by atoms with Crippen LogP contribution in [0.2, 0.25) is 0 Å². The van der Waals surface area contributed by atoms with Crippen molar-refractivity contribution in [3.05, 3.63) is 35.9 Å². The molecule has 0 aliphatic carbocycles. The zero-order valence-electron chi connectivity index (χ0n) is 5.58. The van der Waals surface area contributed by atoms with Crippen molar-refractivity contribution in [1.29, 1.82) is 0 Å². The summed E-state index contributed by atoms with van der Waals surface area (Å²) in [4.78, 5) is 0. The van der Waals surface area contributed by atoms with Crippen LogP contribution in [0.5, 0.6) is 0 Å². The molecule has 0 heterocycles. The Hall–Kier alpha value is 0.832. The van der Waals surface area contributed by atoms with E-state index in [1.807, 2.05) is 30.3 Å². The fourth-order valence-corrected chi connectivity index (χ4v) is 0.614. The van der Waals surface area contributed by atoms with Gasteiger partial charge in [0.2, 0.25) is 0 Å². The van der Waals surface area contributed by atoms with Crippen LogP contribution in [-0.2, 0) is 6.54 Å². The molecule has 1 rings (SSSR count). The van der Waals surface area contributed by atoms with Gasteiger partial charge in [-0.25, -0.2) is 0 Å². The molecule has 0 atom stereocenters. The minimum Gasteiger partial charge on any atom is -0.326 e. The molecule has 3 heteroatoms. The van der Waals surface area contributed by atoms with Gasteiger partial charge in [-0.2, -0.15) is 0 Å². The maximum atomic E-state index is 5.35. The third kappa shape index (κ3) is 4.62. The fraction of sp³-hybridized carbons (Fsp3) is 0.143. The Morgan fingerprint density at radius 3 is 1.90 bits per heavy atom. The Bertz CT molecular complexity index is 155. The van der Waals surface area contributed by atoms with Gasteiger partial charge in [0, 0.05) is 33.8 Å². The predicted molar refractivity (Wildman–Crippen MR) is 55.5 cm³/mol. The molecule has 2 N–H and O–H groups in total. The monoisotopic (exact) mass is 443 g/mol. The first kappa shape index (κ1) is 13.4. The van der Waals surface area contributed by atoms with E-state index in [4.69, 9.17) is 5.73 Å². The Morgan fingerprint density at radius 2 is 1.60 bits per heavy atom. The standard InChI is InChI=1S/C7H9N.HI.Pb/c8-6-7-4-2-1-3-5-7;;/h1-5H,6,8H2;1H;. The maximum absolute atomic E-state index is 5.35. The van der Waals surface area contributed by atoms with Gasteiger partial charge in [-0.3, -0.25) is 0 Å². The van der Waals surface area contributed by atoms with Gasteiger partial charge >= 0.3 is 0 Å². The largest absolute Gasteiger partial charge is 0.326 e. The molecule has 0 aliphatic rings. The summed E-state index contributed by atoms with van der Waals surface area (Å²) in [6, 6.07) is 9.99. The smallest absolute Gasteiger partial charge is 0.0178 e. The molecule has 1 nitrogen and oxygen atoms in total. The van der Waals surface area contributed by atoms with E-state index in [1.54, 1.807) is 0 Å². The molecule has 0 saturated carbocycles. The first-order chi connectivity index (χ1) is 3.93. The molecule has 0 amide bonds. The van der Waals surface area contributed by atoms with E-state index in [9.17, 15) is 0 Å². The Kier molecular flexibility index (Phi) is 10.7. The summed E-state index contributed by atoms with van der Waals surface area (Å²) in [5.74, 6) is 0. The average Bonchev–Trinajstić information content (AvgIpc) is 1.90. The Balaban J connectivity index is 0. The summed E-state index contributed by atoms with van der Waals surface area (Å²) in [6.45, 7) is 0.640. The summed E-state index contributed by atoms with van der Waals surface area (Å²) in [5.41, 5.74) is 6.54. The van der Waals surface area contributed by atoms with Crippen molar-refractivity contribution < 1.29 is 0 Å². The van der Waals surface area contributed by atoms with Crippen LogP contribution in [0.15, 0.2) is 30.3 Å². The molecule has 0 aliphatic heterocycles. The summed E-state index contributed by atoms with van der Waals surface area (Å²) < 4.78 is 0. The maximum Gasteiger partial charge on any atom is 0.0178 e. The number of nitrogens with two attached hydrogens (primary N) is 1. The molecule has 4 radical (unpaired) electrons. The van der Waals surface area contributed by atoms with Gasteiger partial charge in [0.25, 0.3) is 0 Å². The van der Waals surface area contributed by atoms with Gasteiger partial charge < -0.3 is 5.73 Å². The molecular weight excluding hydrogens is 432 g/mol. The second-order valence-electron chi connectivity index (χ2n) is 1.69. The molecule has 0 saturated heterocycles. The molecule has 1 aromatic carbocycles. The van der Waals surface area contributed by atoms with Crippen molar-refractivity contribution in [2.24, 2.45) is 5.73 Å². The Labute approximate surface area is 98.6 Å². The van der Waals surface area contributed by atoms with Crippen LogP contribution in [-0.4, -0.2) is 27.3 Å². The van der Waals surface area contributed by atoms with Crippen LogP contribution in [0, 0.1) is 0 Å². The first-order valence-corrected chi connectivity index (χ1v) is 2.67. The molecular formula is C7H10INPb. The van der Waals surface area contributed by atoms with E-state index < -0.39 is 0 Å². The molecule has 1 aromatic rings. The molecule has 0 spiro atoms. The molecule has 54 valence electrons. The van der Waals surface area contributed by atoms with Gasteiger partial charge in [0.05, 0.1) is 0 Å². The van der Waals surface area contributed by atoms with Crippen molar-refractivity contribution >= 4 is 51.3 Å². The van der Waals surface area contributed by atoms with E-state index in [2.05, 4.69) is 0 Å². The van der Waals surface area contributed by atoms with Crippen LogP contribution >= 0.6 is 24.0 Å². The van der Waals surface area contributed by atoms with E-state index in [0.29, 0.717) is 6.54 Å². The average molecular weight is 442 g/mol. The minimum atomic E-state index is 0. The van der Waals surface area contributed by atoms with Crippen LogP contribution in [0.4, 0.5) is 0 Å². The third-order valence-electron chi connectivity index (χ3n) is 1.08. The van der Waals surface area contributed by atoms with Crippen molar-refractivity contribution in [3.63, 3.8) is 0 Å². The normalized spacial score (nSPS) is 7.30. The van der Waals surface area contributed by atoms with E-state index >= 15 is 0 Å². The molecule has 10 heavy (non-hydrogen) atoms. The number of hydrogen-bond acceptors (Lipinski definition) is 1. The fourth-order valence-electron chi connectivity index (χ4n) is 0.614. The van der Waals surface area contributed by atoms with Gasteiger partial charge in [-0.15, -0.1) is 24.0 Å². The molecule has 0 unspecified atom stereocenters. The molecule has 0 aromatic heterocycles. The number of hydrogen-bond donors (Lipinski definition) is 1. The van der Waals surface area contributed by atoms with E-state index in [1.165, 1.54) is 5.56 Å². The van der Waals surface area contributed by atoms with Gasteiger partial charge in [0.15, 0.2) is 0 Å². The van der Waals surface area contributed by atoms with Crippen molar-refractivity contribution in [3.8, 4) is 0 Å². The van der Waals surface area contributed by atoms with Gasteiger partial charge in [-0.1, -0.05) is 30.3 Å². The number of benzene rings is 1. The number of rotatable bonds is 1. The summed E-state index contributed by atoms with van der Waals surface area (Å²) >= 11 is 0. The van der Waals surface area contributed by atoms with Crippen molar-refractivity contribution in [1.82, 2.24) is 0 Å².